The predicted octanol–water partition coefficient (Wildman–Crippen LogP) is 4.13. The molecule has 6 heteroatoms. The summed E-state index contributed by atoms with van der Waals surface area (Å²) < 4.78 is 7.28. The minimum Gasteiger partial charge on any atom is -0.471 e. The molecule has 5 nitrogen and oxygen atoms in total. The molecule has 0 aliphatic heterocycles. The van der Waals surface area contributed by atoms with Gasteiger partial charge in [0.05, 0.1) is 11.2 Å². The first kappa shape index (κ1) is 17.8. The first-order chi connectivity index (χ1) is 12.0. The summed E-state index contributed by atoms with van der Waals surface area (Å²) in [6.45, 7) is 4.73. The molecule has 1 aliphatic carbocycles. The van der Waals surface area contributed by atoms with E-state index in [1.54, 1.807) is 23.1 Å². The second-order valence-electron chi connectivity index (χ2n) is 6.85. The number of benzene rings is 1. The normalized spacial score (nSPS) is 23.2. The molecule has 1 aliphatic rings. The quantitative estimate of drug-likeness (QED) is 0.871. The maximum absolute atomic E-state index is 12.6. The Hall–Kier alpha value is -2.01. The lowest BCUT2D eigenvalue weighted by Crippen LogP contribution is -2.43. The fourth-order valence-electron chi connectivity index (χ4n) is 3.31. The number of nitrogens with one attached hydrogen (secondary N) is 1. The molecule has 0 unspecified atom stereocenters. The van der Waals surface area contributed by atoms with Crippen molar-refractivity contribution in [3.8, 4) is 5.75 Å². The highest BCUT2D eigenvalue weighted by molar-refractivity contribution is 6.30. The van der Waals surface area contributed by atoms with Crippen LogP contribution in [0.15, 0.2) is 36.7 Å². The van der Waals surface area contributed by atoms with Gasteiger partial charge in [-0.15, -0.1) is 0 Å². The lowest BCUT2D eigenvalue weighted by Gasteiger charge is -2.34. The van der Waals surface area contributed by atoms with Gasteiger partial charge in [-0.1, -0.05) is 44.4 Å². The van der Waals surface area contributed by atoms with Crippen LogP contribution in [0.4, 0.5) is 0 Å². The van der Waals surface area contributed by atoms with E-state index in [2.05, 4.69) is 24.3 Å². The van der Waals surface area contributed by atoms with Gasteiger partial charge in [-0.05, 0) is 36.5 Å². The molecule has 3 atom stereocenters. The van der Waals surface area contributed by atoms with Crippen LogP contribution in [-0.4, -0.2) is 21.7 Å². The highest BCUT2D eigenvalue weighted by atomic mass is 35.5. The highest BCUT2D eigenvalue weighted by Crippen LogP contribution is 2.29. The Morgan fingerprint density at radius 1 is 1.40 bits per heavy atom. The number of carbonyl (C=O) groups excluding carboxylic acids is 1. The summed E-state index contributed by atoms with van der Waals surface area (Å²) >= 11 is 5.83. The van der Waals surface area contributed by atoms with Crippen LogP contribution in [0.3, 0.4) is 0 Å². The number of halogens is 1. The number of nitrogens with zero attached hydrogens (tertiary/aromatic N) is 2. The van der Waals surface area contributed by atoms with Crippen LogP contribution in [0.5, 0.6) is 5.75 Å². The Morgan fingerprint density at radius 2 is 2.24 bits per heavy atom. The van der Waals surface area contributed by atoms with Gasteiger partial charge in [-0.3, -0.25) is 4.79 Å². The van der Waals surface area contributed by atoms with Gasteiger partial charge in [0.1, 0.15) is 5.75 Å². The minimum atomic E-state index is -0.0430. The fourth-order valence-corrected chi connectivity index (χ4v) is 3.47. The summed E-state index contributed by atoms with van der Waals surface area (Å²) in [6.07, 6.45) is 6.71. The topological polar surface area (TPSA) is 56.1 Å². The van der Waals surface area contributed by atoms with Crippen molar-refractivity contribution >= 4 is 17.5 Å². The van der Waals surface area contributed by atoms with E-state index in [9.17, 15) is 4.79 Å². The standard InChI is InChI=1S/C19H24ClN3O2/c1-13-5-3-8-18(14(13)2)22-19(24)15-6-4-7-17(9-15)25-12-23-11-16(20)10-21-23/h4,6-7,9-11,13-14,18H,3,5,8,12H2,1-2H3,(H,22,24)/t13-,14-,18+/m1/s1. The third-order valence-electron chi connectivity index (χ3n) is 5.08. The number of carbonyl (C=O) groups is 1. The van der Waals surface area contributed by atoms with Crippen molar-refractivity contribution in [3.05, 3.63) is 47.2 Å². The van der Waals surface area contributed by atoms with Crippen LogP contribution < -0.4 is 10.1 Å². The van der Waals surface area contributed by atoms with Crippen LogP contribution in [0.1, 0.15) is 43.5 Å². The summed E-state index contributed by atoms with van der Waals surface area (Å²) in [6, 6.07) is 7.47. The van der Waals surface area contributed by atoms with E-state index in [1.807, 2.05) is 18.2 Å². The van der Waals surface area contributed by atoms with Crippen molar-refractivity contribution in [2.75, 3.05) is 0 Å². The zero-order valence-corrected chi connectivity index (χ0v) is 15.4. The summed E-state index contributed by atoms with van der Waals surface area (Å²) in [5, 5.41) is 7.81. The lowest BCUT2D eigenvalue weighted by molar-refractivity contribution is 0.0890. The van der Waals surface area contributed by atoms with Gasteiger partial charge in [-0.25, -0.2) is 4.68 Å². The third kappa shape index (κ3) is 4.54. The Balaban J connectivity index is 1.61. The van der Waals surface area contributed by atoms with Gasteiger partial charge in [0, 0.05) is 17.8 Å². The number of amides is 1. The minimum absolute atomic E-state index is 0.0430. The maximum atomic E-state index is 12.6. The molecule has 0 bridgehead atoms. The van der Waals surface area contributed by atoms with Gasteiger partial charge in [0.15, 0.2) is 6.73 Å². The molecule has 1 fully saturated rings. The molecular weight excluding hydrogens is 338 g/mol. The smallest absolute Gasteiger partial charge is 0.251 e. The first-order valence-corrected chi connectivity index (χ1v) is 9.12. The largest absolute Gasteiger partial charge is 0.471 e. The first-order valence-electron chi connectivity index (χ1n) is 8.74. The van der Waals surface area contributed by atoms with Crippen molar-refractivity contribution in [2.45, 2.75) is 45.9 Å². The maximum Gasteiger partial charge on any atom is 0.251 e. The molecule has 1 N–H and O–H groups in total. The van der Waals surface area contributed by atoms with E-state index < -0.39 is 0 Å². The van der Waals surface area contributed by atoms with Gasteiger partial charge in [0.2, 0.25) is 0 Å². The SMILES string of the molecule is C[C@@H]1[C@H](C)CCC[C@@H]1NC(=O)c1cccc(OCn2cc(Cl)cn2)c1. The van der Waals surface area contributed by atoms with Crippen LogP contribution in [0.25, 0.3) is 0 Å². The van der Waals surface area contributed by atoms with E-state index in [1.165, 1.54) is 12.8 Å². The van der Waals surface area contributed by atoms with Gasteiger partial charge < -0.3 is 10.1 Å². The molecule has 1 amide bonds. The zero-order valence-electron chi connectivity index (χ0n) is 14.6. The highest BCUT2D eigenvalue weighted by Gasteiger charge is 2.28. The second kappa shape index (κ2) is 7.91. The molecule has 1 saturated carbocycles. The Morgan fingerprint density at radius 3 is 3.00 bits per heavy atom. The van der Waals surface area contributed by atoms with E-state index in [0.717, 1.165) is 6.42 Å². The molecule has 0 spiro atoms. The number of aromatic nitrogens is 2. The lowest BCUT2D eigenvalue weighted by atomic mass is 9.78. The van der Waals surface area contributed by atoms with E-state index in [0.29, 0.717) is 28.2 Å². The Labute approximate surface area is 153 Å². The van der Waals surface area contributed by atoms with Crippen molar-refractivity contribution in [3.63, 3.8) is 0 Å². The molecule has 1 aromatic carbocycles. The molecule has 1 aromatic heterocycles. The van der Waals surface area contributed by atoms with Crippen molar-refractivity contribution in [2.24, 2.45) is 11.8 Å². The number of rotatable bonds is 5. The molecular formula is C19H24ClN3O2. The molecule has 3 rings (SSSR count). The number of hydrogen-bond acceptors (Lipinski definition) is 3. The van der Waals surface area contributed by atoms with Crippen LogP contribution in [0.2, 0.25) is 5.02 Å². The Bertz CT molecular complexity index is 731. The van der Waals surface area contributed by atoms with Gasteiger partial charge in [-0.2, -0.15) is 5.10 Å². The van der Waals surface area contributed by atoms with E-state index in [-0.39, 0.29) is 18.7 Å². The van der Waals surface area contributed by atoms with Gasteiger partial charge in [0.25, 0.3) is 5.91 Å². The second-order valence-corrected chi connectivity index (χ2v) is 7.28. The van der Waals surface area contributed by atoms with Crippen LogP contribution >= 0.6 is 11.6 Å². The number of hydrogen-bond donors (Lipinski definition) is 1. The molecule has 134 valence electrons. The summed E-state index contributed by atoms with van der Waals surface area (Å²) in [5.74, 6) is 1.74. The molecule has 2 aromatic rings. The predicted molar refractivity (Wildman–Crippen MR) is 97.7 cm³/mol. The molecule has 0 radical (unpaired) electrons. The summed E-state index contributed by atoms with van der Waals surface area (Å²) in [5.41, 5.74) is 0.612. The van der Waals surface area contributed by atoms with Crippen LogP contribution in [-0.2, 0) is 6.73 Å². The van der Waals surface area contributed by atoms with Crippen molar-refractivity contribution in [1.82, 2.24) is 15.1 Å². The van der Waals surface area contributed by atoms with Crippen molar-refractivity contribution in [1.29, 1.82) is 0 Å². The number of ether oxygens (including phenoxy) is 1. The third-order valence-corrected chi connectivity index (χ3v) is 5.28. The average Bonchev–Trinajstić information content (AvgIpc) is 3.03. The van der Waals surface area contributed by atoms with Crippen molar-refractivity contribution < 1.29 is 9.53 Å². The van der Waals surface area contributed by atoms with Crippen LogP contribution in [0, 0.1) is 11.8 Å². The summed E-state index contributed by atoms with van der Waals surface area (Å²) in [7, 11) is 0. The van der Waals surface area contributed by atoms with E-state index >= 15 is 0 Å². The zero-order chi connectivity index (χ0) is 17.8. The fraction of sp³-hybridized carbons (Fsp3) is 0.474. The average molecular weight is 362 g/mol. The summed E-state index contributed by atoms with van der Waals surface area (Å²) in [4.78, 5) is 12.6. The monoisotopic (exact) mass is 361 g/mol. The molecule has 0 saturated heterocycles. The molecule has 25 heavy (non-hydrogen) atoms. The van der Waals surface area contributed by atoms with E-state index in [4.69, 9.17) is 16.3 Å². The Kier molecular flexibility index (Phi) is 5.63. The molecule has 1 heterocycles. The van der Waals surface area contributed by atoms with Gasteiger partial charge >= 0.3 is 0 Å².